The van der Waals surface area contributed by atoms with Crippen molar-refractivity contribution in [2.75, 3.05) is 32.8 Å². The Labute approximate surface area is 174 Å². The minimum atomic E-state index is -4.18. The molecule has 2 aliphatic heterocycles. The summed E-state index contributed by atoms with van der Waals surface area (Å²) in [6, 6.07) is -0.646. The van der Waals surface area contributed by atoms with E-state index in [0.717, 1.165) is 0 Å². The van der Waals surface area contributed by atoms with Crippen LogP contribution in [0.25, 0.3) is 0 Å². The number of aliphatic hydroxyl groups is 4. The van der Waals surface area contributed by atoms with Crippen molar-refractivity contribution in [1.82, 2.24) is 9.80 Å². The van der Waals surface area contributed by atoms with Gasteiger partial charge in [-0.15, -0.1) is 0 Å². The summed E-state index contributed by atoms with van der Waals surface area (Å²) in [5, 5.41) is 39.4. The van der Waals surface area contributed by atoms with Crippen LogP contribution >= 0.6 is 0 Å². The molecule has 3 rings (SSSR count). The van der Waals surface area contributed by atoms with Gasteiger partial charge in [-0.05, 0) is 44.4 Å². The summed E-state index contributed by atoms with van der Waals surface area (Å²) in [5.41, 5.74) is 0. The number of carbonyl (C=O) groups is 1. The van der Waals surface area contributed by atoms with Gasteiger partial charge in [0.05, 0.1) is 24.7 Å². The Hall–Kier alpha value is -0.940. The largest absolute Gasteiger partial charge is 0.395 e. The topological polar surface area (TPSA) is 104 Å². The number of aliphatic hydroxyl groups excluding tert-OH is 4. The predicted molar refractivity (Wildman–Crippen MR) is 101 cm³/mol. The number of likely N-dealkylation sites (tertiary alicyclic amines) is 2. The molecular formula is C20H33F3N2O5. The van der Waals surface area contributed by atoms with Gasteiger partial charge in [-0.1, -0.05) is 0 Å². The van der Waals surface area contributed by atoms with Crippen LogP contribution < -0.4 is 0 Å². The van der Waals surface area contributed by atoms with E-state index in [4.69, 9.17) is 0 Å². The van der Waals surface area contributed by atoms with Gasteiger partial charge in [-0.2, -0.15) is 13.2 Å². The number of nitrogens with zero attached hydrogens (tertiary/aromatic N) is 2. The van der Waals surface area contributed by atoms with Crippen LogP contribution in [0.15, 0.2) is 0 Å². The van der Waals surface area contributed by atoms with Crippen LogP contribution in [0.5, 0.6) is 0 Å². The Morgan fingerprint density at radius 2 is 1.53 bits per heavy atom. The second kappa shape index (κ2) is 9.68. The molecule has 1 amide bonds. The van der Waals surface area contributed by atoms with E-state index in [1.54, 1.807) is 9.80 Å². The van der Waals surface area contributed by atoms with Crippen molar-refractivity contribution in [2.24, 2.45) is 17.8 Å². The lowest BCUT2D eigenvalue weighted by Gasteiger charge is -2.45. The molecule has 0 bridgehead atoms. The molecule has 174 valence electrons. The molecule has 0 aromatic heterocycles. The molecule has 0 unspecified atom stereocenters. The van der Waals surface area contributed by atoms with Gasteiger partial charge >= 0.3 is 6.18 Å². The van der Waals surface area contributed by atoms with E-state index in [1.807, 2.05) is 0 Å². The summed E-state index contributed by atoms with van der Waals surface area (Å²) in [5.74, 6) is -1.46. The van der Waals surface area contributed by atoms with Crippen molar-refractivity contribution >= 4 is 5.91 Å². The Morgan fingerprint density at radius 3 is 2.07 bits per heavy atom. The molecule has 10 heteroatoms. The molecule has 1 aliphatic carbocycles. The summed E-state index contributed by atoms with van der Waals surface area (Å²) in [6.07, 6.45) is -5.74. The molecule has 0 spiro atoms. The fourth-order valence-electron chi connectivity index (χ4n) is 5.18. The first-order valence-electron chi connectivity index (χ1n) is 10.9. The number of hydrogen-bond donors (Lipinski definition) is 4. The van der Waals surface area contributed by atoms with Gasteiger partial charge in [0.2, 0.25) is 5.91 Å². The monoisotopic (exact) mass is 438 g/mol. The van der Waals surface area contributed by atoms with Gasteiger partial charge in [0.1, 0.15) is 12.2 Å². The number of piperidine rings is 2. The van der Waals surface area contributed by atoms with Crippen LogP contribution in [0.1, 0.15) is 38.5 Å². The number of halogens is 3. The lowest BCUT2D eigenvalue weighted by Crippen LogP contribution is -2.63. The van der Waals surface area contributed by atoms with E-state index in [9.17, 15) is 38.4 Å². The Kier molecular flexibility index (Phi) is 7.66. The van der Waals surface area contributed by atoms with E-state index in [-0.39, 0.29) is 56.6 Å². The van der Waals surface area contributed by atoms with Gasteiger partial charge < -0.3 is 25.3 Å². The third kappa shape index (κ3) is 5.27. The van der Waals surface area contributed by atoms with Crippen LogP contribution in [-0.4, -0.2) is 99.4 Å². The van der Waals surface area contributed by atoms with Crippen LogP contribution in [-0.2, 0) is 4.79 Å². The van der Waals surface area contributed by atoms with Gasteiger partial charge in [0.25, 0.3) is 0 Å². The van der Waals surface area contributed by atoms with Crippen molar-refractivity contribution in [1.29, 1.82) is 0 Å². The fraction of sp³-hybridized carbons (Fsp3) is 0.950. The summed E-state index contributed by atoms with van der Waals surface area (Å²) < 4.78 is 38.5. The lowest BCUT2D eigenvalue weighted by molar-refractivity contribution is -0.185. The molecular weight excluding hydrogens is 405 g/mol. The molecule has 0 radical (unpaired) electrons. The normalized spacial score (nSPS) is 37.4. The van der Waals surface area contributed by atoms with Gasteiger partial charge in [-0.3, -0.25) is 9.69 Å². The van der Waals surface area contributed by atoms with Crippen molar-refractivity contribution in [2.45, 2.75) is 69.1 Å². The molecule has 4 atom stereocenters. The average Bonchev–Trinajstić information content (AvgIpc) is 2.72. The highest BCUT2D eigenvalue weighted by Gasteiger charge is 2.44. The highest BCUT2D eigenvalue weighted by atomic mass is 19.4. The van der Waals surface area contributed by atoms with Crippen molar-refractivity contribution < 1.29 is 38.4 Å². The standard InChI is InChI=1S/C20H33F3N2O5/c21-20(22,23)14-3-1-13(2-4-14)19(30)24-7-5-12(6-8-24)9-25-10-16(27)18(29)17(28)15(25)11-26/h12-18,26-29H,1-11H2/t13?,14?,15-,16+,17-,18-/m1/s1. The maximum Gasteiger partial charge on any atom is 0.391 e. The fourth-order valence-corrected chi connectivity index (χ4v) is 5.18. The maximum atomic E-state index is 12.8. The highest BCUT2D eigenvalue weighted by molar-refractivity contribution is 5.79. The Balaban J connectivity index is 1.46. The number of rotatable bonds is 4. The van der Waals surface area contributed by atoms with Crippen LogP contribution in [0, 0.1) is 17.8 Å². The van der Waals surface area contributed by atoms with E-state index in [2.05, 4.69) is 0 Å². The number of amides is 1. The molecule has 0 aromatic rings. The third-order valence-corrected chi connectivity index (χ3v) is 7.17. The third-order valence-electron chi connectivity index (χ3n) is 7.17. The summed E-state index contributed by atoms with van der Waals surface area (Å²) in [7, 11) is 0. The smallest absolute Gasteiger partial charge is 0.391 e. The highest BCUT2D eigenvalue weighted by Crippen LogP contribution is 2.40. The van der Waals surface area contributed by atoms with Crippen LogP contribution in [0.4, 0.5) is 13.2 Å². The van der Waals surface area contributed by atoms with Crippen molar-refractivity contribution in [3.63, 3.8) is 0 Å². The molecule has 30 heavy (non-hydrogen) atoms. The Bertz CT molecular complexity index is 577. The van der Waals surface area contributed by atoms with E-state index >= 15 is 0 Å². The predicted octanol–water partition coefficient (Wildman–Crippen LogP) is 0.353. The van der Waals surface area contributed by atoms with Crippen molar-refractivity contribution in [3.05, 3.63) is 0 Å². The van der Waals surface area contributed by atoms with Gasteiger partial charge in [0.15, 0.2) is 0 Å². The second-order valence-electron chi connectivity index (χ2n) is 9.11. The van der Waals surface area contributed by atoms with Crippen LogP contribution in [0.3, 0.4) is 0 Å². The van der Waals surface area contributed by atoms with Crippen molar-refractivity contribution in [3.8, 4) is 0 Å². The van der Waals surface area contributed by atoms with E-state index in [1.165, 1.54) is 0 Å². The Morgan fingerprint density at radius 1 is 0.933 bits per heavy atom. The number of carbonyl (C=O) groups excluding carboxylic acids is 1. The molecule has 2 saturated heterocycles. The molecule has 3 fully saturated rings. The van der Waals surface area contributed by atoms with Crippen LogP contribution in [0.2, 0.25) is 0 Å². The number of β-amino-alcohol motifs (C(OH)–C–C–N with tert-alkyl or cyclic N) is 1. The summed E-state index contributed by atoms with van der Waals surface area (Å²) in [6.45, 7) is 1.43. The first-order valence-corrected chi connectivity index (χ1v) is 10.9. The molecule has 3 aliphatic rings. The number of alkyl halides is 3. The first-order chi connectivity index (χ1) is 14.1. The first kappa shape index (κ1) is 23.7. The average molecular weight is 438 g/mol. The lowest BCUT2D eigenvalue weighted by atomic mass is 9.80. The maximum absolute atomic E-state index is 12.8. The molecule has 4 N–H and O–H groups in total. The SMILES string of the molecule is O=C(C1CCC(C(F)(F)F)CC1)N1CCC(CN2C[C@H](O)[C@@H](O)[C@H](O)[C@H]2CO)CC1. The van der Waals surface area contributed by atoms with E-state index < -0.39 is 36.4 Å². The van der Waals surface area contributed by atoms with E-state index in [0.29, 0.717) is 32.5 Å². The minimum Gasteiger partial charge on any atom is -0.395 e. The van der Waals surface area contributed by atoms with Gasteiger partial charge in [-0.25, -0.2) is 0 Å². The molecule has 1 saturated carbocycles. The summed E-state index contributed by atoms with van der Waals surface area (Å²) >= 11 is 0. The molecule has 7 nitrogen and oxygen atoms in total. The molecule has 2 heterocycles. The second-order valence-corrected chi connectivity index (χ2v) is 9.11. The minimum absolute atomic E-state index is 0.0182. The number of hydrogen-bond acceptors (Lipinski definition) is 6. The van der Waals surface area contributed by atoms with Gasteiger partial charge in [0, 0.05) is 32.1 Å². The summed E-state index contributed by atoms with van der Waals surface area (Å²) in [4.78, 5) is 16.3. The molecule has 0 aromatic carbocycles. The zero-order chi connectivity index (χ0) is 22.1. The quantitative estimate of drug-likeness (QED) is 0.505. The zero-order valence-corrected chi connectivity index (χ0v) is 17.0. The zero-order valence-electron chi connectivity index (χ0n) is 17.0.